The summed E-state index contributed by atoms with van der Waals surface area (Å²) in [5, 5.41) is 0. The third kappa shape index (κ3) is 19.6. The van der Waals surface area contributed by atoms with Gasteiger partial charge in [0.25, 0.3) is 0 Å². The number of benzene rings is 4. The molecule has 4 rings (SSSR count). The van der Waals surface area contributed by atoms with Crippen LogP contribution in [-0.2, 0) is 82.8 Å². The molecular weight excluding hydrogens is 789 g/mol. The van der Waals surface area contributed by atoms with Crippen LogP contribution in [0.3, 0.4) is 0 Å². The Kier molecular flexibility index (Phi) is 20.3. The van der Waals surface area contributed by atoms with Crippen molar-refractivity contribution in [3.63, 3.8) is 0 Å². The highest BCUT2D eigenvalue weighted by atomic mass is 16.6. The number of rotatable bonds is 28. The number of carbonyl (C=O) groups excluding carboxylic acids is 4. The molecule has 0 unspecified atom stereocenters. The number of anilines is 4. The van der Waals surface area contributed by atoms with Gasteiger partial charge in [0.2, 0.25) is 0 Å². The van der Waals surface area contributed by atoms with Crippen molar-refractivity contribution in [1.82, 2.24) is 0 Å². The van der Waals surface area contributed by atoms with Gasteiger partial charge in [-0.3, -0.25) is 19.2 Å². The van der Waals surface area contributed by atoms with Crippen LogP contribution in [-0.4, -0.2) is 103 Å². The maximum Gasteiger partial charge on any atom is 0.310 e. The molecule has 0 spiro atoms. The molecule has 0 aliphatic carbocycles. The van der Waals surface area contributed by atoms with Gasteiger partial charge in [-0.2, -0.15) is 0 Å². The second-order valence-electron chi connectivity index (χ2n) is 14.3. The number of esters is 4. The van der Waals surface area contributed by atoms with Gasteiger partial charge in [0.1, 0.15) is 26.4 Å². The fraction of sp³-hybridized carbons (Fsp3) is 0.378. The third-order valence-corrected chi connectivity index (χ3v) is 8.91. The summed E-state index contributed by atoms with van der Waals surface area (Å²) < 4.78 is 45.6. The molecular formula is C45H56N4O12. The molecule has 0 saturated carbocycles. The first-order valence-corrected chi connectivity index (χ1v) is 19.8. The first kappa shape index (κ1) is 47.5. The molecule has 328 valence electrons. The zero-order valence-corrected chi connectivity index (χ0v) is 34.3. The Morgan fingerprint density at radius 1 is 0.328 bits per heavy atom. The largest absolute Gasteiger partial charge is 0.463 e. The first-order chi connectivity index (χ1) is 29.5. The van der Waals surface area contributed by atoms with Gasteiger partial charge in [-0.15, -0.1) is 0 Å². The second kappa shape index (κ2) is 26.1. The molecule has 0 amide bonds. The highest BCUT2D eigenvalue weighted by Crippen LogP contribution is 2.21. The molecule has 16 heteroatoms. The van der Waals surface area contributed by atoms with Crippen LogP contribution in [0.4, 0.5) is 22.7 Å². The summed E-state index contributed by atoms with van der Waals surface area (Å²) in [7, 11) is 0. The maximum absolute atomic E-state index is 12.5. The predicted octanol–water partition coefficient (Wildman–Crippen LogP) is 3.51. The molecule has 0 bridgehead atoms. The van der Waals surface area contributed by atoms with E-state index in [4.69, 9.17) is 60.8 Å². The van der Waals surface area contributed by atoms with E-state index in [-0.39, 0.29) is 105 Å². The van der Waals surface area contributed by atoms with E-state index in [0.717, 1.165) is 22.3 Å². The molecule has 0 radical (unpaired) electrons. The molecule has 0 saturated heterocycles. The van der Waals surface area contributed by atoms with E-state index >= 15 is 0 Å². The number of ether oxygens (including phenoxy) is 8. The predicted molar refractivity (Wildman–Crippen MR) is 228 cm³/mol. The van der Waals surface area contributed by atoms with Gasteiger partial charge in [-0.1, -0.05) is 48.5 Å². The van der Waals surface area contributed by atoms with Crippen molar-refractivity contribution in [2.45, 2.75) is 25.7 Å². The van der Waals surface area contributed by atoms with E-state index < -0.39 is 29.3 Å². The number of hydrogen-bond acceptors (Lipinski definition) is 16. The van der Waals surface area contributed by atoms with Gasteiger partial charge in [0.05, 0.1) is 84.0 Å². The average molecular weight is 845 g/mol. The van der Waals surface area contributed by atoms with Crippen molar-refractivity contribution >= 4 is 46.6 Å². The van der Waals surface area contributed by atoms with Crippen molar-refractivity contribution < 1.29 is 57.1 Å². The topological polar surface area (TPSA) is 246 Å². The number of hydrogen-bond donors (Lipinski definition) is 4. The van der Waals surface area contributed by atoms with E-state index in [1.807, 2.05) is 0 Å². The minimum atomic E-state index is -0.968. The van der Waals surface area contributed by atoms with Gasteiger partial charge in [-0.05, 0) is 70.8 Å². The second-order valence-corrected chi connectivity index (χ2v) is 14.3. The van der Waals surface area contributed by atoms with Crippen molar-refractivity contribution in [2.75, 3.05) is 102 Å². The zero-order chi connectivity index (χ0) is 43.7. The van der Waals surface area contributed by atoms with Gasteiger partial charge in [-0.25, -0.2) is 0 Å². The van der Waals surface area contributed by atoms with Crippen molar-refractivity contribution in [3.05, 3.63) is 119 Å². The quantitative estimate of drug-likeness (QED) is 0.0277. The Bertz CT molecular complexity index is 1640. The molecule has 0 aliphatic heterocycles. The maximum atomic E-state index is 12.5. The highest BCUT2D eigenvalue weighted by molar-refractivity contribution is 5.74. The summed E-state index contributed by atoms with van der Waals surface area (Å²) in [6.07, 6.45) is 0.275. The monoisotopic (exact) mass is 844 g/mol. The van der Waals surface area contributed by atoms with Crippen LogP contribution < -0.4 is 22.9 Å². The van der Waals surface area contributed by atoms with E-state index in [1.54, 1.807) is 97.1 Å². The van der Waals surface area contributed by atoms with Gasteiger partial charge >= 0.3 is 23.9 Å². The van der Waals surface area contributed by atoms with Crippen LogP contribution >= 0.6 is 0 Å². The fourth-order valence-corrected chi connectivity index (χ4v) is 5.68. The summed E-state index contributed by atoms with van der Waals surface area (Å²) in [4.78, 5) is 49.9. The summed E-state index contributed by atoms with van der Waals surface area (Å²) in [5.74, 6) is -1.73. The molecule has 4 aromatic rings. The lowest BCUT2D eigenvalue weighted by molar-refractivity contribution is -0.150. The Morgan fingerprint density at radius 3 is 0.721 bits per heavy atom. The Morgan fingerprint density at radius 2 is 0.525 bits per heavy atom. The molecule has 0 aliphatic rings. The van der Waals surface area contributed by atoms with Gasteiger partial charge in [0.15, 0.2) is 0 Å². The molecule has 0 fully saturated rings. The zero-order valence-electron chi connectivity index (χ0n) is 34.3. The summed E-state index contributed by atoms with van der Waals surface area (Å²) in [6.45, 7) is 0.171. The standard InChI is InChI=1S/C45H56N4O12/c46-37-9-1-33(2-10-37)25-41(50)58-21-17-54-29-45(30-55-18-22-59-42(51)26-34-3-11-38(47)12-4-34,31-56-19-23-60-43(52)27-35-5-13-39(48)14-6-35)32-57-20-24-61-44(53)28-36-7-15-40(49)16-8-36/h1-16H,17-32,46-49H2. The van der Waals surface area contributed by atoms with Crippen molar-refractivity contribution in [2.24, 2.45) is 5.41 Å². The van der Waals surface area contributed by atoms with Crippen LogP contribution in [0.2, 0.25) is 0 Å². The van der Waals surface area contributed by atoms with Crippen LogP contribution in [0.15, 0.2) is 97.1 Å². The Hall–Kier alpha value is -6.20. The van der Waals surface area contributed by atoms with Crippen molar-refractivity contribution in [1.29, 1.82) is 0 Å². The van der Waals surface area contributed by atoms with Gasteiger partial charge in [0, 0.05) is 22.7 Å². The van der Waals surface area contributed by atoms with Gasteiger partial charge < -0.3 is 60.8 Å². The summed E-state index contributed by atoms with van der Waals surface area (Å²) >= 11 is 0. The SMILES string of the molecule is Nc1ccc(CC(=O)OCCOCC(COCCOC(=O)Cc2ccc(N)cc2)(COCCOC(=O)Cc2ccc(N)cc2)COCCOC(=O)Cc2ccc(N)cc2)cc1. The lowest BCUT2D eigenvalue weighted by atomic mass is 9.92. The summed E-state index contributed by atoms with van der Waals surface area (Å²) in [6, 6.07) is 27.7. The lowest BCUT2D eigenvalue weighted by Crippen LogP contribution is -2.43. The molecule has 0 aromatic heterocycles. The van der Waals surface area contributed by atoms with Crippen LogP contribution in [0.5, 0.6) is 0 Å². The van der Waals surface area contributed by atoms with Crippen LogP contribution in [0, 0.1) is 5.41 Å². The van der Waals surface area contributed by atoms with Crippen LogP contribution in [0.25, 0.3) is 0 Å². The highest BCUT2D eigenvalue weighted by Gasteiger charge is 2.33. The number of carbonyl (C=O) groups is 4. The number of nitrogen functional groups attached to an aromatic ring is 4. The molecule has 8 N–H and O–H groups in total. The molecule has 0 atom stereocenters. The minimum Gasteiger partial charge on any atom is -0.463 e. The molecule has 61 heavy (non-hydrogen) atoms. The van der Waals surface area contributed by atoms with E-state index in [9.17, 15) is 19.2 Å². The first-order valence-electron chi connectivity index (χ1n) is 19.8. The average Bonchev–Trinajstić information content (AvgIpc) is 3.23. The normalized spacial score (nSPS) is 11.1. The Labute approximate surface area is 355 Å². The van der Waals surface area contributed by atoms with Crippen molar-refractivity contribution in [3.8, 4) is 0 Å². The minimum absolute atomic E-state index is 0.0211. The Balaban J connectivity index is 1.33. The van der Waals surface area contributed by atoms with E-state index in [2.05, 4.69) is 0 Å². The van der Waals surface area contributed by atoms with E-state index in [1.165, 1.54) is 0 Å². The lowest BCUT2D eigenvalue weighted by Gasteiger charge is -2.33. The summed E-state index contributed by atoms with van der Waals surface area (Å²) in [5.41, 5.74) is 27.4. The molecule has 0 heterocycles. The number of nitrogens with two attached hydrogens (primary N) is 4. The third-order valence-electron chi connectivity index (χ3n) is 8.91. The van der Waals surface area contributed by atoms with Crippen LogP contribution in [0.1, 0.15) is 22.3 Å². The van der Waals surface area contributed by atoms with E-state index in [0.29, 0.717) is 22.7 Å². The smallest absolute Gasteiger partial charge is 0.310 e. The fourth-order valence-electron chi connectivity index (χ4n) is 5.68. The molecule has 4 aromatic carbocycles. The molecule has 16 nitrogen and oxygen atoms in total.